The molecule has 2 atom stereocenters. The first-order valence-corrected chi connectivity index (χ1v) is 12.7. The fourth-order valence-corrected chi connectivity index (χ4v) is 5.83. The van der Waals surface area contributed by atoms with E-state index in [0.29, 0.717) is 37.7 Å². The van der Waals surface area contributed by atoms with Crippen LogP contribution in [-0.2, 0) is 11.2 Å². The number of piperidine rings is 1. The quantitative estimate of drug-likeness (QED) is 0.554. The summed E-state index contributed by atoms with van der Waals surface area (Å²) >= 11 is 1.57. The Morgan fingerprint density at radius 1 is 1.21 bits per heavy atom. The molecule has 1 N–H and O–H groups in total. The predicted octanol–water partition coefficient (Wildman–Crippen LogP) is 4.52. The molecule has 0 spiro atoms. The maximum absolute atomic E-state index is 13.2. The van der Waals surface area contributed by atoms with Gasteiger partial charge in [0.1, 0.15) is 4.83 Å². The first-order chi connectivity index (χ1) is 15.8. The monoisotopic (exact) mass is 467 g/mol. The molecule has 2 aromatic heterocycles. The molecule has 1 amide bonds. The smallest absolute Gasteiger partial charge is 0.262 e. The molecule has 6 nitrogen and oxygen atoms in total. The highest BCUT2D eigenvalue weighted by Crippen LogP contribution is 2.34. The Bertz CT molecular complexity index is 1160. The Kier molecular flexibility index (Phi) is 7.00. The number of hydrogen-bond acceptors (Lipinski definition) is 5. The molecule has 176 valence electrons. The lowest BCUT2D eigenvalue weighted by Gasteiger charge is -2.42. The highest BCUT2D eigenvalue weighted by molar-refractivity contribution is 7.18. The first kappa shape index (κ1) is 23.6. The number of rotatable bonds is 7. The zero-order valence-corrected chi connectivity index (χ0v) is 20.5. The van der Waals surface area contributed by atoms with Crippen LogP contribution in [0.25, 0.3) is 10.2 Å². The van der Waals surface area contributed by atoms with Crippen molar-refractivity contribution in [1.29, 1.82) is 0 Å². The van der Waals surface area contributed by atoms with Gasteiger partial charge >= 0.3 is 0 Å². The maximum atomic E-state index is 13.2. The molecule has 4 rings (SSSR count). The number of aromatic nitrogens is 2. The van der Waals surface area contributed by atoms with E-state index in [9.17, 15) is 14.7 Å². The molecule has 3 aromatic rings. The molecule has 7 heteroatoms. The molecule has 0 saturated carbocycles. The van der Waals surface area contributed by atoms with Crippen molar-refractivity contribution in [3.63, 3.8) is 0 Å². The number of carbonyl (C=O) groups is 1. The van der Waals surface area contributed by atoms with Gasteiger partial charge in [-0.25, -0.2) is 4.98 Å². The van der Waals surface area contributed by atoms with Crippen LogP contribution in [0.4, 0.5) is 0 Å². The van der Waals surface area contributed by atoms with E-state index in [1.807, 2.05) is 36.1 Å². The van der Waals surface area contributed by atoms with Gasteiger partial charge in [-0.3, -0.25) is 14.2 Å². The van der Waals surface area contributed by atoms with Gasteiger partial charge in [0.05, 0.1) is 23.4 Å². The van der Waals surface area contributed by atoms with Gasteiger partial charge in [-0.2, -0.15) is 0 Å². The summed E-state index contributed by atoms with van der Waals surface area (Å²) in [4.78, 5) is 34.3. The van der Waals surface area contributed by atoms with Crippen LogP contribution in [0.3, 0.4) is 0 Å². The molecule has 1 aliphatic heterocycles. The number of aryl methyl sites for hydroxylation is 1. The number of fused-ring (bicyclic) bond motifs is 1. The number of aliphatic hydroxyl groups is 1. The topological polar surface area (TPSA) is 75.4 Å². The van der Waals surface area contributed by atoms with E-state index in [-0.39, 0.29) is 17.4 Å². The van der Waals surface area contributed by atoms with E-state index >= 15 is 0 Å². The van der Waals surface area contributed by atoms with Crippen LogP contribution in [0, 0.1) is 0 Å². The van der Waals surface area contributed by atoms with Gasteiger partial charge in [-0.05, 0) is 43.7 Å². The Labute approximate surface area is 198 Å². The number of thiophene rings is 1. The lowest BCUT2D eigenvalue weighted by molar-refractivity contribution is -0.137. The Balaban J connectivity index is 1.43. The summed E-state index contributed by atoms with van der Waals surface area (Å²) in [6.07, 6.45) is 4.86. The highest BCUT2D eigenvalue weighted by Gasteiger charge is 2.40. The van der Waals surface area contributed by atoms with Crippen molar-refractivity contribution in [3.8, 4) is 0 Å². The molecule has 1 fully saturated rings. The largest absolute Gasteiger partial charge is 0.388 e. The Morgan fingerprint density at radius 2 is 1.91 bits per heavy atom. The third kappa shape index (κ3) is 4.89. The van der Waals surface area contributed by atoms with Crippen molar-refractivity contribution in [2.45, 2.75) is 70.4 Å². The molecule has 1 saturated heterocycles. The summed E-state index contributed by atoms with van der Waals surface area (Å²) in [6.45, 7) is 7.05. The molecule has 1 aromatic carbocycles. The lowest BCUT2D eigenvalue weighted by atomic mass is 9.84. The zero-order chi connectivity index (χ0) is 23.6. The fraction of sp³-hybridized carbons (Fsp3) is 0.500. The number of hydrogen-bond donors (Lipinski definition) is 1. The van der Waals surface area contributed by atoms with Crippen molar-refractivity contribution >= 4 is 27.5 Å². The average molecular weight is 468 g/mol. The van der Waals surface area contributed by atoms with Crippen LogP contribution in [0.5, 0.6) is 0 Å². The maximum Gasteiger partial charge on any atom is 0.262 e. The van der Waals surface area contributed by atoms with Gasteiger partial charge in [0.15, 0.2) is 0 Å². The van der Waals surface area contributed by atoms with E-state index < -0.39 is 11.6 Å². The van der Waals surface area contributed by atoms with E-state index in [0.717, 1.165) is 28.1 Å². The summed E-state index contributed by atoms with van der Waals surface area (Å²) in [6, 6.07) is 11.6. The SMILES string of the molecule is CCCc1cc2c(=O)n(C(C)C3(O)CCN(C(=O)CC(C)c4ccccc4)CC3)cnc2s1. The molecule has 1 aliphatic rings. The van der Waals surface area contributed by atoms with Gasteiger partial charge in [0, 0.05) is 24.4 Å². The van der Waals surface area contributed by atoms with Crippen LogP contribution in [-0.4, -0.2) is 44.2 Å². The van der Waals surface area contributed by atoms with E-state index in [1.54, 1.807) is 22.2 Å². The average Bonchev–Trinajstić information content (AvgIpc) is 3.24. The molecular weight excluding hydrogens is 434 g/mol. The van der Waals surface area contributed by atoms with Crippen molar-refractivity contribution < 1.29 is 9.90 Å². The first-order valence-electron chi connectivity index (χ1n) is 11.9. The fourth-order valence-electron chi connectivity index (χ4n) is 4.74. The van der Waals surface area contributed by atoms with E-state index in [1.165, 1.54) is 0 Å². The number of nitrogens with zero attached hydrogens (tertiary/aromatic N) is 3. The second-order valence-electron chi connectivity index (χ2n) is 9.31. The molecule has 0 bridgehead atoms. The molecule has 0 aliphatic carbocycles. The number of carbonyl (C=O) groups excluding carboxylic acids is 1. The minimum Gasteiger partial charge on any atom is -0.388 e. The Morgan fingerprint density at radius 3 is 2.58 bits per heavy atom. The lowest BCUT2D eigenvalue weighted by Crippen LogP contribution is -2.51. The summed E-state index contributed by atoms with van der Waals surface area (Å²) in [5.74, 6) is 0.265. The molecule has 0 radical (unpaired) electrons. The highest BCUT2D eigenvalue weighted by atomic mass is 32.1. The van der Waals surface area contributed by atoms with Gasteiger partial charge in [-0.15, -0.1) is 11.3 Å². The van der Waals surface area contributed by atoms with Crippen LogP contribution in [0.1, 0.15) is 68.9 Å². The third-order valence-electron chi connectivity index (χ3n) is 7.05. The van der Waals surface area contributed by atoms with Crippen LogP contribution < -0.4 is 5.56 Å². The predicted molar refractivity (Wildman–Crippen MR) is 133 cm³/mol. The summed E-state index contributed by atoms with van der Waals surface area (Å²) in [5, 5.41) is 12.0. The summed E-state index contributed by atoms with van der Waals surface area (Å²) in [5.41, 5.74) is 0.00371. The van der Waals surface area contributed by atoms with Crippen molar-refractivity contribution in [3.05, 3.63) is 63.5 Å². The van der Waals surface area contributed by atoms with Gasteiger partial charge in [0.25, 0.3) is 5.56 Å². The zero-order valence-electron chi connectivity index (χ0n) is 19.7. The number of benzene rings is 1. The second kappa shape index (κ2) is 9.77. The normalized spacial score (nSPS) is 17.8. The third-order valence-corrected chi connectivity index (χ3v) is 8.15. The van der Waals surface area contributed by atoms with E-state index in [4.69, 9.17) is 0 Å². The molecule has 33 heavy (non-hydrogen) atoms. The van der Waals surface area contributed by atoms with Crippen molar-refractivity contribution in [2.24, 2.45) is 0 Å². The summed E-state index contributed by atoms with van der Waals surface area (Å²) < 4.78 is 1.57. The van der Waals surface area contributed by atoms with Crippen LogP contribution >= 0.6 is 11.3 Å². The minimum atomic E-state index is -1.05. The standard InChI is InChI=1S/C26H33N3O3S/c1-4-8-21-16-22-24(33-21)27-17-29(25(22)31)19(3)26(32)11-13-28(14-12-26)23(30)15-18(2)20-9-6-5-7-10-20/h5-7,9-10,16-19,32H,4,8,11-15H2,1-3H3. The molecular formula is C26H33N3O3S. The van der Waals surface area contributed by atoms with Crippen LogP contribution in [0.2, 0.25) is 0 Å². The van der Waals surface area contributed by atoms with E-state index in [2.05, 4.69) is 31.0 Å². The van der Waals surface area contributed by atoms with Crippen molar-refractivity contribution in [2.75, 3.05) is 13.1 Å². The molecule has 3 heterocycles. The van der Waals surface area contributed by atoms with Crippen LogP contribution in [0.15, 0.2) is 47.5 Å². The Hall–Kier alpha value is -2.51. The number of likely N-dealkylation sites (tertiary alicyclic amines) is 1. The minimum absolute atomic E-state index is 0.102. The van der Waals surface area contributed by atoms with Gasteiger partial charge in [0.2, 0.25) is 5.91 Å². The number of amides is 1. The second-order valence-corrected chi connectivity index (χ2v) is 10.4. The van der Waals surface area contributed by atoms with Gasteiger partial charge in [-0.1, -0.05) is 50.6 Å². The van der Waals surface area contributed by atoms with Gasteiger partial charge < -0.3 is 10.0 Å². The summed E-state index contributed by atoms with van der Waals surface area (Å²) in [7, 11) is 0. The van der Waals surface area contributed by atoms with Crippen molar-refractivity contribution in [1.82, 2.24) is 14.5 Å². The molecule has 2 unspecified atom stereocenters.